The lowest BCUT2D eigenvalue weighted by Crippen LogP contribution is -2.39. The van der Waals surface area contributed by atoms with Crippen LogP contribution in [0.5, 0.6) is 0 Å². The lowest BCUT2D eigenvalue weighted by Gasteiger charge is -2.16. The molecule has 1 aliphatic rings. The molecule has 1 aromatic rings. The van der Waals surface area contributed by atoms with Crippen LogP contribution in [0.3, 0.4) is 0 Å². The summed E-state index contributed by atoms with van der Waals surface area (Å²) in [5.41, 5.74) is 2.01. The fraction of sp³-hybridized carbons (Fsp3) is 0.533. The van der Waals surface area contributed by atoms with Crippen molar-refractivity contribution in [3.63, 3.8) is 0 Å². The van der Waals surface area contributed by atoms with E-state index in [1.165, 1.54) is 5.56 Å². The molecule has 0 radical (unpaired) electrons. The fourth-order valence-electron chi connectivity index (χ4n) is 2.27. The van der Waals surface area contributed by atoms with Crippen molar-refractivity contribution in [2.45, 2.75) is 32.7 Å². The van der Waals surface area contributed by atoms with Crippen LogP contribution in [0.25, 0.3) is 0 Å². The molecule has 1 aromatic carbocycles. The van der Waals surface area contributed by atoms with E-state index in [9.17, 15) is 4.79 Å². The molecular formula is C15H22N2O. The van der Waals surface area contributed by atoms with Crippen molar-refractivity contribution in [3.8, 4) is 0 Å². The highest BCUT2D eigenvalue weighted by Gasteiger charge is 2.24. The number of amides is 1. The van der Waals surface area contributed by atoms with E-state index in [0.717, 1.165) is 18.7 Å². The van der Waals surface area contributed by atoms with Gasteiger partial charge in [0.05, 0.1) is 0 Å². The molecule has 0 spiro atoms. The van der Waals surface area contributed by atoms with E-state index in [-0.39, 0.29) is 11.9 Å². The molecule has 2 atom stereocenters. The summed E-state index contributed by atoms with van der Waals surface area (Å²) in [4.78, 5) is 12.1. The Bertz CT molecular complexity index is 411. The van der Waals surface area contributed by atoms with Crippen molar-refractivity contribution >= 4 is 5.91 Å². The molecule has 1 aliphatic heterocycles. The lowest BCUT2D eigenvalue weighted by atomic mass is 10.0. The van der Waals surface area contributed by atoms with Gasteiger partial charge in [-0.25, -0.2) is 0 Å². The number of benzene rings is 1. The van der Waals surface area contributed by atoms with Crippen LogP contribution in [0.4, 0.5) is 0 Å². The first-order chi connectivity index (χ1) is 8.58. The van der Waals surface area contributed by atoms with Gasteiger partial charge in [-0.2, -0.15) is 0 Å². The summed E-state index contributed by atoms with van der Waals surface area (Å²) in [6.07, 6.45) is 0. The third-order valence-corrected chi connectivity index (χ3v) is 3.67. The molecule has 3 heteroatoms. The van der Waals surface area contributed by atoms with E-state index in [4.69, 9.17) is 0 Å². The Labute approximate surface area is 109 Å². The molecule has 1 amide bonds. The Morgan fingerprint density at radius 2 is 1.94 bits per heavy atom. The van der Waals surface area contributed by atoms with Crippen LogP contribution in [0, 0.1) is 5.92 Å². The van der Waals surface area contributed by atoms with Crippen molar-refractivity contribution < 1.29 is 4.79 Å². The van der Waals surface area contributed by atoms with Crippen LogP contribution in [0.15, 0.2) is 24.3 Å². The number of nitrogens with one attached hydrogen (secondary N) is 2. The second-order valence-corrected chi connectivity index (χ2v) is 5.49. The molecule has 18 heavy (non-hydrogen) atoms. The summed E-state index contributed by atoms with van der Waals surface area (Å²) >= 11 is 0. The maximum Gasteiger partial charge on any atom is 0.251 e. The summed E-state index contributed by atoms with van der Waals surface area (Å²) in [5, 5.41) is 6.38. The van der Waals surface area contributed by atoms with Gasteiger partial charge in [0.25, 0.3) is 5.91 Å². The highest BCUT2D eigenvalue weighted by Crippen LogP contribution is 2.15. The number of hydrogen-bond donors (Lipinski definition) is 2. The monoisotopic (exact) mass is 246 g/mol. The largest absolute Gasteiger partial charge is 0.348 e. The fourth-order valence-corrected chi connectivity index (χ4v) is 2.27. The zero-order valence-electron chi connectivity index (χ0n) is 11.4. The molecule has 0 aromatic heterocycles. The van der Waals surface area contributed by atoms with Crippen molar-refractivity contribution in [2.24, 2.45) is 5.92 Å². The Morgan fingerprint density at radius 1 is 1.28 bits per heavy atom. The van der Waals surface area contributed by atoms with Crippen molar-refractivity contribution in [1.29, 1.82) is 0 Å². The van der Waals surface area contributed by atoms with Crippen LogP contribution < -0.4 is 10.6 Å². The second-order valence-electron chi connectivity index (χ2n) is 5.49. The Hall–Kier alpha value is -1.35. The van der Waals surface area contributed by atoms with Crippen LogP contribution in [0.1, 0.15) is 42.6 Å². The Kier molecular flexibility index (Phi) is 4.02. The van der Waals surface area contributed by atoms with E-state index in [1.807, 2.05) is 24.3 Å². The normalized spacial score (nSPS) is 23.3. The average Bonchev–Trinajstić information content (AvgIpc) is 2.75. The molecule has 2 unspecified atom stereocenters. The van der Waals surface area contributed by atoms with Gasteiger partial charge in [0.1, 0.15) is 0 Å². The molecule has 3 nitrogen and oxygen atoms in total. The summed E-state index contributed by atoms with van der Waals surface area (Å²) in [6.45, 7) is 8.32. The van der Waals surface area contributed by atoms with Gasteiger partial charge in [0.15, 0.2) is 0 Å². The van der Waals surface area contributed by atoms with Gasteiger partial charge in [0, 0.05) is 18.2 Å². The molecule has 2 N–H and O–H groups in total. The minimum Gasteiger partial charge on any atom is -0.348 e. The standard InChI is InChI=1S/C15H22N2O/c1-10(2)12-4-6-13(7-5-12)15(18)17-14-9-16-8-11(14)3/h4-7,10-11,14,16H,8-9H2,1-3H3,(H,17,18). The van der Waals surface area contributed by atoms with E-state index in [2.05, 4.69) is 31.4 Å². The van der Waals surface area contributed by atoms with Crippen LogP contribution in [-0.4, -0.2) is 25.0 Å². The molecule has 1 saturated heterocycles. The first-order valence-electron chi connectivity index (χ1n) is 6.69. The number of carbonyl (C=O) groups excluding carboxylic acids is 1. The first-order valence-corrected chi connectivity index (χ1v) is 6.69. The molecule has 0 bridgehead atoms. The van der Waals surface area contributed by atoms with Gasteiger partial charge in [-0.05, 0) is 36.1 Å². The lowest BCUT2D eigenvalue weighted by molar-refractivity contribution is 0.0933. The van der Waals surface area contributed by atoms with E-state index < -0.39 is 0 Å². The molecule has 98 valence electrons. The summed E-state index contributed by atoms with van der Waals surface area (Å²) in [6, 6.07) is 8.16. The molecule has 1 heterocycles. The molecule has 2 rings (SSSR count). The minimum absolute atomic E-state index is 0.0332. The van der Waals surface area contributed by atoms with Gasteiger partial charge in [-0.1, -0.05) is 32.9 Å². The summed E-state index contributed by atoms with van der Waals surface area (Å²) < 4.78 is 0. The summed E-state index contributed by atoms with van der Waals surface area (Å²) in [5.74, 6) is 1.04. The SMILES string of the molecule is CC(C)c1ccc(C(=O)NC2CNCC2C)cc1. The highest BCUT2D eigenvalue weighted by molar-refractivity contribution is 5.94. The Balaban J connectivity index is 2.00. The maximum absolute atomic E-state index is 12.1. The van der Waals surface area contributed by atoms with E-state index in [1.54, 1.807) is 0 Å². The molecule has 1 fully saturated rings. The predicted octanol–water partition coefficient (Wildman–Crippen LogP) is 2.15. The van der Waals surface area contributed by atoms with Crippen LogP contribution in [0.2, 0.25) is 0 Å². The smallest absolute Gasteiger partial charge is 0.251 e. The second kappa shape index (κ2) is 5.53. The first kappa shape index (κ1) is 13.1. The highest BCUT2D eigenvalue weighted by atomic mass is 16.1. The quantitative estimate of drug-likeness (QED) is 0.858. The van der Waals surface area contributed by atoms with Crippen molar-refractivity contribution in [1.82, 2.24) is 10.6 Å². The van der Waals surface area contributed by atoms with Crippen molar-refractivity contribution in [3.05, 3.63) is 35.4 Å². The third kappa shape index (κ3) is 2.91. The van der Waals surface area contributed by atoms with E-state index in [0.29, 0.717) is 11.8 Å². The van der Waals surface area contributed by atoms with E-state index >= 15 is 0 Å². The number of carbonyl (C=O) groups is 1. The predicted molar refractivity (Wildman–Crippen MR) is 73.8 cm³/mol. The molecule has 0 saturated carbocycles. The van der Waals surface area contributed by atoms with Gasteiger partial charge in [-0.3, -0.25) is 4.79 Å². The van der Waals surface area contributed by atoms with Crippen LogP contribution >= 0.6 is 0 Å². The zero-order valence-corrected chi connectivity index (χ0v) is 11.4. The van der Waals surface area contributed by atoms with Gasteiger partial charge < -0.3 is 10.6 Å². The summed E-state index contributed by atoms with van der Waals surface area (Å²) in [7, 11) is 0. The maximum atomic E-state index is 12.1. The third-order valence-electron chi connectivity index (χ3n) is 3.67. The van der Waals surface area contributed by atoms with Crippen LogP contribution in [-0.2, 0) is 0 Å². The van der Waals surface area contributed by atoms with Gasteiger partial charge in [0.2, 0.25) is 0 Å². The minimum atomic E-state index is 0.0332. The van der Waals surface area contributed by atoms with Crippen molar-refractivity contribution in [2.75, 3.05) is 13.1 Å². The molecular weight excluding hydrogens is 224 g/mol. The number of hydrogen-bond acceptors (Lipinski definition) is 2. The topological polar surface area (TPSA) is 41.1 Å². The van der Waals surface area contributed by atoms with Gasteiger partial charge >= 0.3 is 0 Å². The van der Waals surface area contributed by atoms with Gasteiger partial charge in [-0.15, -0.1) is 0 Å². The molecule has 0 aliphatic carbocycles. The Morgan fingerprint density at radius 3 is 2.44 bits per heavy atom. The zero-order chi connectivity index (χ0) is 13.1. The average molecular weight is 246 g/mol. The number of rotatable bonds is 3.